The first-order valence-corrected chi connectivity index (χ1v) is 26.8. The van der Waals surface area contributed by atoms with E-state index in [2.05, 4.69) is 62.3 Å². The topological polar surface area (TPSA) is 80.3 Å². The molecule has 0 bridgehead atoms. The molecule has 0 heterocycles. The lowest BCUT2D eigenvalue weighted by Gasteiger charge is -2.39. The third-order valence-corrected chi connectivity index (χ3v) is 12.7. The Morgan fingerprint density at radius 3 is 0.817 bits per heavy atom. The summed E-state index contributed by atoms with van der Waals surface area (Å²) in [4.78, 5) is 21.2. The predicted octanol–water partition coefficient (Wildman–Crippen LogP) is 13.9. The van der Waals surface area contributed by atoms with Crippen molar-refractivity contribution in [3.63, 3.8) is 0 Å². The molecule has 0 amide bonds. The van der Waals surface area contributed by atoms with Crippen LogP contribution in [0.1, 0.15) is 268 Å². The Labute approximate surface area is 377 Å². The van der Waals surface area contributed by atoms with Crippen LogP contribution < -0.4 is 10.2 Å². The highest BCUT2D eigenvalue weighted by Crippen LogP contribution is 2.18. The second kappa shape index (κ2) is 48.6. The minimum absolute atomic E-state index is 0.516. The Hall–Kier alpha value is -1.40. The van der Waals surface area contributed by atoms with E-state index in [0.29, 0.717) is 0 Å². The van der Waals surface area contributed by atoms with Crippen LogP contribution in [0.5, 0.6) is 0 Å². The lowest BCUT2D eigenvalue weighted by Crippen LogP contribution is -2.50. The van der Waals surface area contributed by atoms with Gasteiger partial charge in [0.05, 0.1) is 52.4 Å². The third kappa shape index (κ3) is 41.9. The molecule has 0 saturated carbocycles. The van der Waals surface area contributed by atoms with Gasteiger partial charge in [0.25, 0.3) is 0 Å². The van der Waals surface area contributed by atoms with Crippen LogP contribution in [0.2, 0.25) is 0 Å². The second-order valence-electron chi connectivity index (χ2n) is 18.6. The van der Waals surface area contributed by atoms with Gasteiger partial charge in [-0.2, -0.15) is 0 Å². The van der Waals surface area contributed by atoms with Crippen LogP contribution in [0.3, 0.4) is 0 Å². The number of nitrogens with zero attached hydrogens (tertiary/aromatic N) is 2. The number of carbonyl (C=O) groups is 2. The van der Waals surface area contributed by atoms with Crippen molar-refractivity contribution in [1.82, 2.24) is 0 Å². The van der Waals surface area contributed by atoms with Gasteiger partial charge in [-0.1, -0.05) is 209 Å². The Morgan fingerprint density at radius 2 is 0.600 bits per heavy atom. The highest BCUT2D eigenvalue weighted by atomic mass is 16.4. The van der Waals surface area contributed by atoms with Gasteiger partial charge in [-0.15, -0.1) is 0 Å². The molecule has 0 radical (unpaired) electrons. The molecule has 0 aromatic carbocycles. The fourth-order valence-electron chi connectivity index (χ4n) is 8.42. The fourth-order valence-corrected chi connectivity index (χ4v) is 8.42. The van der Waals surface area contributed by atoms with Crippen molar-refractivity contribution >= 4 is 11.9 Å². The van der Waals surface area contributed by atoms with Gasteiger partial charge in [-0.3, -0.25) is 0 Å². The van der Waals surface area contributed by atoms with Crippen molar-refractivity contribution in [1.29, 1.82) is 0 Å². The van der Waals surface area contributed by atoms with Crippen molar-refractivity contribution in [3.8, 4) is 0 Å². The minimum atomic E-state index is -1.36. The van der Waals surface area contributed by atoms with E-state index in [4.69, 9.17) is 0 Å². The van der Waals surface area contributed by atoms with E-state index in [1.165, 1.54) is 247 Å². The quantitative estimate of drug-likeness (QED) is 0.0348. The lowest BCUT2D eigenvalue weighted by molar-refractivity contribution is -0.929. The monoisotopic (exact) mass is 851 g/mol. The molecule has 0 aromatic rings. The van der Waals surface area contributed by atoms with Crippen molar-refractivity contribution in [2.45, 2.75) is 268 Å². The van der Waals surface area contributed by atoms with E-state index in [0.717, 1.165) is 19.3 Å². The van der Waals surface area contributed by atoms with Gasteiger partial charge in [0.1, 0.15) is 0 Å². The number of unbranched alkanes of at least 4 members (excludes halogenated alkanes) is 22. The molecule has 0 N–H and O–H groups in total. The van der Waals surface area contributed by atoms with Crippen LogP contribution in [0.15, 0.2) is 12.2 Å². The molecule has 60 heavy (non-hydrogen) atoms. The van der Waals surface area contributed by atoms with Crippen LogP contribution in [0, 0.1) is 5.92 Å². The zero-order valence-corrected chi connectivity index (χ0v) is 42.5. The molecule has 0 aliphatic carbocycles. The Bertz CT molecular complexity index is 795. The van der Waals surface area contributed by atoms with Crippen LogP contribution >= 0.6 is 0 Å². The molecular formula is C54H110N2O4. The summed E-state index contributed by atoms with van der Waals surface area (Å²) in [7, 11) is 0. The van der Waals surface area contributed by atoms with E-state index in [1.807, 2.05) is 0 Å². The predicted molar refractivity (Wildman–Crippen MR) is 261 cm³/mol. The minimum Gasteiger partial charge on any atom is -0.550 e. The molecular weight excluding hydrogens is 741 g/mol. The Balaban J connectivity index is -0.000000843. The molecule has 6 heteroatoms. The van der Waals surface area contributed by atoms with Crippen LogP contribution in [-0.2, 0) is 9.59 Å². The number of carboxylic acid groups (broad SMARTS) is 2. The van der Waals surface area contributed by atoms with Gasteiger partial charge in [0.2, 0.25) is 0 Å². The molecule has 1 atom stereocenters. The first-order valence-electron chi connectivity index (χ1n) is 26.8. The highest BCUT2D eigenvalue weighted by molar-refractivity contribution is 5.77. The number of aliphatic carboxylic acids is 2. The largest absolute Gasteiger partial charge is 0.550 e. The second-order valence-corrected chi connectivity index (χ2v) is 18.6. The molecule has 0 aliphatic heterocycles. The van der Waals surface area contributed by atoms with E-state index in [1.54, 1.807) is 6.08 Å². The van der Waals surface area contributed by atoms with Crippen LogP contribution in [-0.4, -0.2) is 73.3 Å². The van der Waals surface area contributed by atoms with E-state index >= 15 is 0 Å². The summed E-state index contributed by atoms with van der Waals surface area (Å²) >= 11 is 0. The molecule has 0 aliphatic rings. The number of carboxylic acids is 2. The van der Waals surface area contributed by atoms with Gasteiger partial charge in [-0.25, -0.2) is 0 Å². The van der Waals surface area contributed by atoms with Gasteiger partial charge in [0, 0.05) is 17.9 Å². The Morgan fingerprint density at radius 1 is 0.367 bits per heavy atom. The molecule has 1 unspecified atom stereocenters. The Kier molecular flexibility index (Phi) is 51.0. The standard InChI is InChI=1S/C22H40O4.2C16H36N/c1-2-3-4-5-6-7-8-9-10-11-12-13-14-15-16-17-18-20(22(25)26)19-21(23)24;2*1-5-9-13-17(14-10-6-2,15-11-7-3)16-12-8-4/h17-18,20H,2-16,19H2,1H3,(H,23,24)(H,25,26);2*5-16H2,1-4H3/q;2*+1/p-2. The van der Waals surface area contributed by atoms with Gasteiger partial charge in [-0.05, 0) is 70.6 Å². The zero-order valence-electron chi connectivity index (χ0n) is 42.5. The highest BCUT2D eigenvalue weighted by Gasteiger charge is 2.25. The molecule has 0 aromatic heterocycles. The summed E-state index contributed by atoms with van der Waals surface area (Å²) in [5.74, 6) is -3.79. The maximum Gasteiger partial charge on any atom is 0.0786 e. The molecule has 6 nitrogen and oxygen atoms in total. The van der Waals surface area contributed by atoms with Crippen molar-refractivity contribution in [2.24, 2.45) is 5.92 Å². The number of hydrogen-bond acceptors (Lipinski definition) is 4. The van der Waals surface area contributed by atoms with Crippen molar-refractivity contribution in [2.75, 3.05) is 52.4 Å². The summed E-state index contributed by atoms with van der Waals surface area (Å²) in [6.45, 7) is 32.3. The van der Waals surface area contributed by atoms with Gasteiger partial charge >= 0.3 is 0 Å². The maximum absolute atomic E-state index is 10.8. The van der Waals surface area contributed by atoms with E-state index in [-0.39, 0.29) is 0 Å². The SMILES string of the molecule is CCCCCCCCCCCCCCCCC=CC(CC(=O)[O-])C(=O)[O-].CCCC[N+](CCCC)(CCCC)CCCC.CCCC[N+](CCCC)(CCCC)CCCC. The number of allylic oxidation sites excluding steroid dienone is 1. The average Bonchev–Trinajstić information content (AvgIpc) is 3.25. The molecule has 0 fully saturated rings. The van der Waals surface area contributed by atoms with Crippen molar-refractivity contribution in [3.05, 3.63) is 12.2 Å². The maximum atomic E-state index is 10.8. The molecule has 360 valence electrons. The normalized spacial score (nSPS) is 12.2. The van der Waals surface area contributed by atoms with Gasteiger partial charge < -0.3 is 28.8 Å². The number of carbonyl (C=O) groups excluding carboxylic acids is 2. The number of hydrogen-bond donors (Lipinski definition) is 0. The first kappa shape index (κ1) is 62.9. The number of rotatable bonds is 43. The smallest absolute Gasteiger partial charge is 0.0786 e. The van der Waals surface area contributed by atoms with Crippen molar-refractivity contribution < 1.29 is 28.8 Å². The summed E-state index contributed by atoms with van der Waals surface area (Å²) in [5, 5.41) is 21.2. The summed E-state index contributed by atoms with van der Waals surface area (Å²) in [5.41, 5.74) is 0. The molecule has 0 rings (SSSR count). The van der Waals surface area contributed by atoms with Crippen LogP contribution in [0.4, 0.5) is 0 Å². The van der Waals surface area contributed by atoms with Crippen LogP contribution in [0.25, 0.3) is 0 Å². The zero-order chi connectivity index (χ0) is 45.4. The third-order valence-electron chi connectivity index (χ3n) is 12.7. The fraction of sp³-hybridized carbons (Fsp3) is 0.926. The van der Waals surface area contributed by atoms with E-state index in [9.17, 15) is 19.8 Å². The average molecular weight is 851 g/mol. The first-order chi connectivity index (χ1) is 29.1. The molecule has 0 spiro atoms. The summed E-state index contributed by atoms with van der Waals surface area (Å²) < 4.78 is 2.84. The van der Waals surface area contributed by atoms with E-state index < -0.39 is 24.3 Å². The molecule has 0 saturated heterocycles. The number of quaternary nitrogens is 2. The lowest BCUT2D eigenvalue weighted by atomic mass is 10.0. The summed E-state index contributed by atoms with van der Waals surface area (Å²) in [6.07, 6.45) is 43.9. The summed E-state index contributed by atoms with van der Waals surface area (Å²) in [6, 6.07) is 0. The van der Waals surface area contributed by atoms with Gasteiger partial charge in [0.15, 0.2) is 0 Å².